The molecule has 1 saturated heterocycles. The number of hydrogen-bond donors (Lipinski definition) is 2. The molecule has 0 saturated carbocycles. The van der Waals surface area contributed by atoms with Gasteiger partial charge >= 0.3 is 5.69 Å². The maximum absolute atomic E-state index is 13.1. The number of fused-ring (bicyclic) bond motifs is 1. The molecule has 0 spiro atoms. The predicted octanol–water partition coefficient (Wildman–Crippen LogP) is 1.43. The number of aromatic nitrogens is 2. The van der Waals surface area contributed by atoms with Crippen LogP contribution in [0.4, 0.5) is 0 Å². The Morgan fingerprint density at radius 1 is 1.06 bits per heavy atom. The van der Waals surface area contributed by atoms with Gasteiger partial charge in [0.25, 0.3) is 11.5 Å². The Morgan fingerprint density at radius 2 is 1.78 bits per heavy atom. The Balaban J connectivity index is 1.59. The number of aromatic amines is 1. The molecule has 2 N–H and O–H groups in total. The molecule has 0 aliphatic carbocycles. The number of hydrogen-bond acceptors (Lipinski definition) is 5. The Morgan fingerprint density at radius 3 is 2.47 bits per heavy atom. The summed E-state index contributed by atoms with van der Waals surface area (Å²) in [7, 11) is 2.12. The minimum atomic E-state index is -0.472. The fraction of sp³-hybridized carbons (Fsp3) is 0.375. The second-order valence-corrected chi connectivity index (χ2v) is 8.28. The van der Waals surface area contributed by atoms with Gasteiger partial charge in [-0.3, -0.25) is 19.1 Å². The second kappa shape index (κ2) is 9.50. The van der Waals surface area contributed by atoms with Crippen molar-refractivity contribution in [2.24, 2.45) is 0 Å². The first-order chi connectivity index (χ1) is 15.5. The molecule has 0 radical (unpaired) electrons. The molecule has 8 nitrogen and oxygen atoms in total. The number of H-pyrrole nitrogens is 1. The van der Waals surface area contributed by atoms with Crippen LogP contribution in [0.15, 0.2) is 58.1 Å². The maximum atomic E-state index is 13.1. The summed E-state index contributed by atoms with van der Waals surface area (Å²) in [5.41, 5.74) is 0.990. The molecular formula is C24H29N5O3. The molecule has 1 aromatic heterocycles. The second-order valence-electron chi connectivity index (χ2n) is 8.28. The Kier molecular flexibility index (Phi) is 6.53. The summed E-state index contributed by atoms with van der Waals surface area (Å²) in [6.45, 7) is 6.67. The smallest absolute Gasteiger partial charge is 0.328 e. The third-order valence-corrected chi connectivity index (χ3v) is 6.10. The molecule has 1 unspecified atom stereocenters. The molecule has 1 fully saturated rings. The summed E-state index contributed by atoms with van der Waals surface area (Å²) in [6.07, 6.45) is 0. The van der Waals surface area contributed by atoms with Crippen LogP contribution in [0.25, 0.3) is 10.9 Å². The zero-order valence-electron chi connectivity index (χ0n) is 18.5. The Hall–Kier alpha value is -3.23. The molecule has 1 aliphatic heterocycles. The van der Waals surface area contributed by atoms with E-state index in [4.69, 9.17) is 0 Å². The van der Waals surface area contributed by atoms with Gasteiger partial charge in [-0.15, -0.1) is 0 Å². The lowest BCUT2D eigenvalue weighted by Gasteiger charge is -2.35. The molecule has 2 aromatic carbocycles. The molecule has 1 amide bonds. The Labute approximate surface area is 186 Å². The van der Waals surface area contributed by atoms with Crippen molar-refractivity contribution in [3.05, 3.63) is 80.5 Å². The fourth-order valence-corrected chi connectivity index (χ4v) is 4.13. The Bertz CT molecular complexity index is 1210. The third-order valence-electron chi connectivity index (χ3n) is 6.10. The number of amides is 1. The van der Waals surface area contributed by atoms with Crippen molar-refractivity contribution in [1.29, 1.82) is 0 Å². The van der Waals surface area contributed by atoms with Crippen molar-refractivity contribution in [2.45, 2.75) is 19.5 Å². The standard InChI is InChI=1S/C24H29N5O3/c1-3-29-23(31)19-10-9-18(15-20(19)26-24(29)32)22(30)25-21(17-7-5-4-6-8-17)16-28-13-11-27(2)12-14-28/h4-10,15,21H,3,11-14,16H2,1-2H3,(H,25,30)(H,26,32). The van der Waals surface area contributed by atoms with E-state index in [2.05, 4.69) is 27.1 Å². The number of nitrogens with zero attached hydrogens (tertiary/aromatic N) is 3. The van der Waals surface area contributed by atoms with Gasteiger partial charge < -0.3 is 15.2 Å². The van der Waals surface area contributed by atoms with Crippen molar-refractivity contribution >= 4 is 16.8 Å². The van der Waals surface area contributed by atoms with Crippen molar-refractivity contribution in [3.8, 4) is 0 Å². The number of piperazine rings is 1. The van der Waals surface area contributed by atoms with Crippen LogP contribution in [0.1, 0.15) is 28.9 Å². The quantitative estimate of drug-likeness (QED) is 0.611. The first-order valence-electron chi connectivity index (χ1n) is 11.0. The van der Waals surface area contributed by atoms with E-state index in [0.717, 1.165) is 42.9 Å². The number of rotatable bonds is 6. The zero-order chi connectivity index (χ0) is 22.7. The molecule has 1 atom stereocenters. The average Bonchev–Trinajstić information content (AvgIpc) is 2.80. The highest BCUT2D eigenvalue weighted by atomic mass is 16.2. The van der Waals surface area contributed by atoms with Crippen LogP contribution in [-0.4, -0.2) is 65.0 Å². The van der Waals surface area contributed by atoms with Crippen LogP contribution in [0.2, 0.25) is 0 Å². The summed E-state index contributed by atoms with van der Waals surface area (Å²) >= 11 is 0. The van der Waals surface area contributed by atoms with Crippen molar-refractivity contribution in [2.75, 3.05) is 39.8 Å². The summed E-state index contributed by atoms with van der Waals surface area (Å²) in [5, 5.41) is 3.54. The highest BCUT2D eigenvalue weighted by Gasteiger charge is 2.22. The van der Waals surface area contributed by atoms with E-state index in [9.17, 15) is 14.4 Å². The molecule has 4 rings (SSSR count). The molecule has 3 aromatic rings. The van der Waals surface area contributed by atoms with Gasteiger partial charge in [-0.25, -0.2) is 4.79 Å². The van der Waals surface area contributed by atoms with Gasteiger partial charge in [0.2, 0.25) is 0 Å². The molecule has 1 aliphatic rings. The van der Waals surface area contributed by atoms with Gasteiger partial charge in [-0.05, 0) is 37.7 Å². The van der Waals surface area contributed by atoms with E-state index in [1.807, 2.05) is 30.3 Å². The average molecular weight is 436 g/mol. The molecule has 0 bridgehead atoms. The van der Waals surface area contributed by atoms with Crippen LogP contribution >= 0.6 is 0 Å². The van der Waals surface area contributed by atoms with Gasteiger partial charge in [-0.2, -0.15) is 0 Å². The van der Waals surface area contributed by atoms with Gasteiger partial charge in [0.05, 0.1) is 16.9 Å². The maximum Gasteiger partial charge on any atom is 0.328 e. The summed E-state index contributed by atoms with van der Waals surface area (Å²) in [5.74, 6) is -0.240. The van der Waals surface area contributed by atoms with E-state index in [-0.39, 0.29) is 24.1 Å². The highest BCUT2D eigenvalue weighted by Crippen LogP contribution is 2.17. The molecule has 32 heavy (non-hydrogen) atoms. The predicted molar refractivity (Wildman–Crippen MR) is 125 cm³/mol. The third kappa shape index (κ3) is 4.66. The molecule has 168 valence electrons. The molecule has 8 heteroatoms. The van der Waals surface area contributed by atoms with Crippen molar-refractivity contribution < 1.29 is 4.79 Å². The number of likely N-dealkylation sites (N-methyl/N-ethyl adjacent to an activating group) is 1. The summed E-state index contributed by atoms with van der Waals surface area (Å²) < 4.78 is 1.14. The van der Waals surface area contributed by atoms with Gasteiger partial charge in [0.1, 0.15) is 0 Å². The summed E-state index contributed by atoms with van der Waals surface area (Å²) in [4.78, 5) is 45.2. The topological polar surface area (TPSA) is 90.4 Å². The number of nitrogens with one attached hydrogen (secondary N) is 2. The zero-order valence-corrected chi connectivity index (χ0v) is 18.5. The number of carbonyl (C=O) groups is 1. The normalized spacial score (nSPS) is 16.2. The van der Waals surface area contributed by atoms with Crippen LogP contribution < -0.4 is 16.6 Å². The van der Waals surface area contributed by atoms with E-state index in [0.29, 0.717) is 16.5 Å². The van der Waals surface area contributed by atoms with E-state index in [1.54, 1.807) is 25.1 Å². The van der Waals surface area contributed by atoms with Gasteiger partial charge in [0, 0.05) is 44.8 Å². The van der Waals surface area contributed by atoms with Gasteiger partial charge in [0.15, 0.2) is 0 Å². The highest BCUT2D eigenvalue weighted by molar-refractivity contribution is 5.97. The largest absolute Gasteiger partial charge is 0.344 e. The van der Waals surface area contributed by atoms with Gasteiger partial charge in [-0.1, -0.05) is 30.3 Å². The first-order valence-corrected chi connectivity index (χ1v) is 11.0. The van der Waals surface area contributed by atoms with Crippen LogP contribution in [0.3, 0.4) is 0 Å². The van der Waals surface area contributed by atoms with E-state index < -0.39 is 5.69 Å². The summed E-state index contributed by atoms with van der Waals surface area (Å²) in [6, 6.07) is 14.6. The van der Waals surface area contributed by atoms with E-state index in [1.165, 1.54) is 0 Å². The lowest BCUT2D eigenvalue weighted by molar-refractivity contribution is 0.0907. The van der Waals surface area contributed by atoms with Crippen LogP contribution in [0, 0.1) is 0 Å². The fourth-order valence-electron chi connectivity index (χ4n) is 4.13. The minimum Gasteiger partial charge on any atom is -0.344 e. The van der Waals surface area contributed by atoms with Crippen LogP contribution in [0.5, 0.6) is 0 Å². The lowest BCUT2D eigenvalue weighted by atomic mass is 10.0. The number of carbonyl (C=O) groups excluding carboxylic acids is 1. The monoisotopic (exact) mass is 435 g/mol. The first kappa shape index (κ1) is 22.0. The van der Waals surface area contributed by atoms with E-state index >= 15 is 0 Å². The van der Waals surface area contributed by atoms with Crippen molar-refractivity contribution in [1.82, 2.24) is 24.7 Å². The SMILES string of the molecule is CCn1c(=O)[nH]c2cc(C(=O)NC(CN3CCN(C)CC3)c3ccccc3)ccc2c1=O. The van der Waals surface area contributed by atoms with Crippen molar-refractivity contribution in [3.63, 3.8) is 0 Å². The van der Waals surface area contributed by atoms with Crippen LogP contribution in [-0.2, 0) is 6.54 Å². The lowest BCUT2D eigenvalue weighted by Crippen LogP contribution is -2.47. The molecular weight excluding hydrogens is 406 g/mol. The molecule has 2 heterocycles. The number of benzene rings is 2. The minimum absolute atomic E-state index is 0.171.